The van der Waals surface area contributed by atoms with Crippen LogP contribution in [-0.4, -0.2) is 29.1 Å². The standard InChI is InChI=1S/C24H26FN3O3/c1-23(2,3)31-22(30)28-13-15-12-17(15)20-18(28)8-9-19(26-20)24(10-11-24)27-21(29)14-4-6-16(25)7-5-14/h4-9,15,17H,10-13H2,1-3H3,(H,27,29)/t15-,17-/m1/s1. The number of hydrogen-bond acceptors (Lipinski definition) is 4. The Labute approximate surface area is 180 Å². The van der Waals surface area contributed by atoms with Gasteiger partial charge in [0.15, 0.2) is 0 Å². The second-order valence-corrected chi connectivity index (χ2v) is 9.84. The fourth-order valence-electron chi connectivity index (χ4n) is 4.30. The van der Waals surface area contributed by atoms with E-state index in [4.69, 9.17) is 9.72 Å². The van der Waals surface area contributed by atoms with Crippen molar-refractivity contribution < 1.29 is 18.7 Å². The first-order valence-electron chi connectivity index (χ1n) is 10.8. The van der Waals surface area contributed by atoms with Gasteiger partial charge in [0.05, 0.1) is 22.6 Å². The van der Waals surface area contributed by atoms with Crippen LogP contribution in [0.3, 0.4) is 0 Å². The third-order valence-corrected chi connectivity index (χ3v) is 6.20. The Morgan fingerprint density at radius 3 is 2.52 bits per heavy atom. The predicted molar refractivity (Wildman–Crippen MR) is 113 cm³/mol. The van der Waals surface area contributed by atoms with Crippen molar-refractivity contribution in [3.05, 3.63) is 59.2 Å². The molecule has 0 unspecified atom stereocenters. The topological polar surface area (TPSA) is 71.5 Å². The Balaban J connectivity index is 1.40. The van der Waals surface area contributed by atoms with Gasteiger partial charge < -0.3 is 10.1 Å². The Kier molecular flexibility index (Phi) is 4.36. The number of carbonyl (C=O) groups excluding carboxylic acids is 2. The van der Waals surface area contributed by atoms with Crippen LogP contribution in [0.25, 0.3) is 0 Å². The minimum absolute atomic E-state index is 0.239. The van der Waals surface area contributed by atoms with E-state index in [0.717, 1.165) is 36.3 Å². The molecule has 2 heterocycles. The second kappa shape index (κ2) is 6.77. The highest BCUT2D eigenvalue weighted by Crippen LogP contribution is 2.55. The van der Waals surface area contributed by atoms with Gasteiger partial charge in [0.2, 0.25) is 0 Å². The van der Waals surface area contributed by atoms with Crippen LogP contribution in [-0.2, 0) is 10.3 Å². The first-order valence-corrected chi connectivity index (χ1v) is 10.8. The van der Waals surface area contributed by atoms with Crippen molar-refractivity contribution in [1.29, 1.82) is 0 Å². The molecule has 0 radical (unpaired) electrons. The summed E-state index contributed by atoms with van der Waals surface area (Å²) in [5.41, 5.74) is 1.90. The number of amides is 2. The Hall–Kier alpha value is -2.96. The van der Waals surface area contributed by atoms with Crippen LogP contribution in [0, 0.1) is 11.7 Å². The zero-order valence-corrected chi connectivity index (χ0v) is 17.9. The Bertz CT molecular complexity index is 1060. The summed E-state index contributed by atoms with van der Waals surface area (Å²) in [6, 6.07) is 9.36. The molecule has 2 atom stereocenters. The Morgan fingerprint density at radius 1 is 1.16 bits per heavy atom. The summed E-state index contributed by atoms with van der Waals surface area (Å²) in [5.74, 6) is 0.156. The van der Waals surface area contributed by atoms with E-state index in [1.54, 1.807) is 4.90 Å². The monoisotopic (exact) mass is 423 g/mol. The molecule has 2 saturated carbocycles. The normalized spacial score (nSPS) is 22.8. The van der Waals surface area contributed by atoms with Gasteiger partial charge in [0.25, 0.3) is 5.91 Å². The smallest absolute Gasteiger partial charge is 0.414 e. The van der Waals surface area contributed by atoms with Crippen LogP contribution < -0.4 is 10.2 Å². The molecule has 1 aromatic carbocycles. The van der Waals surface area contributed by atoms with Crippen molar-refractivity contribution >= 4 is 17.7 Å². The van der Waals surface area contributed by atoms with Gasteiger partial charge in [-0.2, -0.15) is 0 Å². The largest absolute Gasteiger partial charge is 0.443 e. The van der Waals surface area contributed by atoms with Crippen LogP contribution in [0.15, 0.2) is 36.4 Å². The van der Waals surface area contributed by atoms with Gasteiger partial charge >= 0.3 is 6.09 Å². The van der Waals surface area contributed by atoms with Crippen molar-refractivity contribution in [2.45, 2.75) is 57.1 Å². The van der Waals surface area contributed by atoms with E-state index >= 15 is 0 Å². The molecule has 162 valence electrons. The lowest BCUT2D eigenvalue weighted by atomic mass is 10.0. The number of ether oxygens (including phenoxy) is 1. The SMILES string of the molecule is CC(C)(C)OC(=O)N1C[C@H]2C[C@H]2c2nc(C3(NC(=O)c4ccc(F)cc4)CC3)ccc21. The van der Waals surface area contributed by atoms with Gasteiger partial charge in [0, 0.05) is 18.0 Å². The Morgan fingerprint density at radius 2 is 1.87 bits per heavy atom. The lowest BCUT2D eigenvalue weighted by Crippen LogP contribution is -2.41. The number of nitrogens with one attached hydrogen (secondary N) is 1. The van der Waals surface area contributed by atoms with Crippen molar-refractivity contribution in [3.8, 4) is 0 Å². The highest BCUT2D eigenvalue weighted by molar-refractivity contribution is 5.95. The van der Waals surface area contributed by atoms with Crippen LogP contribution in [0.2, 0.25) is 0 Å². The molecule has 5 rings (SSSR count). The van der Waals surface area contributed by atoms with Crippen molar-refractivity contribution in [2.75, 3.05) is 11.4 Å². The molecule has 2 aromatic rings. The molecule has 1 aromatic heterocycles. The third-order valence-electron chi connectivity index (χ3n) is 6.20. The number of anilines is 1. The average Bonchev–Trinajstić information content (AvgIpc) is 3.61. The number of aromatic nitrogens is 1. The second-order valence-electron chi connectivity index (χ2n) is 9.84. The predicted octanol–water partition coefficient (Wildman–Crippen LogP) is 4.50. The quantitative estimate of drug-likeness (QED) is 0.789. The number of carbonyl (C=O) groups is 2. The van der Waals surface area contributed by atoms with E-state index in [1.807, 2.05) is 32.9 Å². The van der Waals surface area contributed by atoms with Gasteiger partial charge in [-0.05, 0) is 82.3 Å². The molecule has 0 spiro atoms. The number of benzene rings is 1. The lowest BCUT2D eigenvalue weighted by molar-refractivity contribution is 0.0576. The van der Waals surface area contributed by atoms with Crippen molar-refractivity contribution in [2.24, 2.45) is 5.92 Å². The third kappa shape index (κ3) is 3.77. The molecule has 31 heavy (non-hydrogen) atoms. The maximum absolute atomic E-state index is 13.2. The zero-order valence-electron chi connectivity index (χ0n) is 17.9. The fourth-order valence-corrected chi connectivity index (χ4v) is 4.30. The molecule has 2 amide bonds. The fraction of sp³-hybridized carbons (Fsp3) is 0.458. The highest BCUT2D eigenvalue weighted by atomic mass is 19.1. The van der Waals surface area contributed by atoms with E-state index in [0.29, 0.717) is 23.9 Å². The first kappa shape index (κ1) is 20.0. The summed E-state index contributed by atoms with van der Waals surface area (Å²) in [5, 5.41) is 3.09. The highest BCUT2D eigenvalue weighted by Gasteiger charge is 2.51. The van der Waals surface area contributed by atoms with Crippen LogP contribution in [0.5, 0.6) is 0 Å². The molecule has 6 nitrogen and oxygen atoms in total. The number of halogens is 1. The van der Waals surface area contributed by atoms with Gasteiger partial charge in [-0.3, -0.25) is 14.7 Å². The molecule has 7 heteroatoms. The minimum atomic E-state index is -0.562. The van der Waals surface area contributed by atoms with Gasteiger partial charge in [-0.1, -0.05) is 0 Å². The van der Waals surface area contributed by atoms with Crippen LogP contribution in [0.4, 0.5) is 14.9 Å². The van der Waals surface area contributed by atoms with E-state index in [9.17, 15) is 14.0 Å². The molecule has 0 bridgehead atoms. The van der Waals surface area contributed by atoms with E-state index in [1.165, 1.54) is 24.3 Å². The number of pyridine rings is 1. The molecular weight excluding hydrogens is 397 g/mol. The van der Waals surface area contributed by atoms with E-state index in [2.05, 4.69) is 5.32 Å². The maximum atomic E-state index is 13.2. The zero-order chi connectivity index (χ0) is 22.0. The van der Waals surface area contributed by atoms with E-state index < -0.39 is 11.1 Å². The molecule has 2 fully saturated rings. The van der Waals surface area contributed by atoms with Crippen molar-refractivity contribution in [3.63, 3.8) is 0 Å². The number of fused-ring (bicyclic) bond motifs is 3. The molecular formula is C24H26FN3O3. The number of hydrogen-bond donors (Lipinski definition) is 1. The van der Waals surface area contributed by atoms with Crippen LogP contribution >= 0.6 is 0 Å². The minimum Gasteiger partial charge on any atom is -0.443 e. The van der Waals surface area contributed by atoms with Crippen molar-refractivity contribution in [1.82, 2.24) is 10.3 Å². The molecule has 3 aliphatic rings. The maximum Gasteiger partial charge on any atom is 0.414 e. The van der Waals surface area contributed by atoms with Gasteiger partial charge in [0.1, 0.15) is 11.4 Å². The number of rotatable bonds is 3. The average molecular weight is 423 g/mol. The molecule has 2 aliphatic carbocycles. The number of nitrogens with zero attached hydrogens (tertiary/aromatic N) is 2. The molecule has 1 N–H and O–H groups in total. The molecule has 1 aliphatic heterocycles. The summed E-state index contributed by atoms with van der Waals surface area (Å²) in [6.07, 6.45) is 2.27. The summed E-state index contributed by atoms with van der Waals surface area (Å²) in [4.78, 5) is 32.1. The van der Waals surface area contributed by atoms with Crippen LogP contribution in [0.1, 0.15) is 67.7 Å². The lowest BCUT2D eigenvalue weighted by Gasteiger charge is -2.31. The summed E-state index contributed by atoms with van der Waals surface area (Å²) in [7, 11) is 0. The summed E-state index contributed by atoms with van der Waals surface area (Å²) >= 11 is 0. The van der Waals surface area contributed by atoms with E-state index in [-0.39, 0.29) is 17.8 Å². The molecule has 0 saturated heterocycles. The summed E-state index contributed by atoms with van der Waals surface area (Å²) < 4.78 is 18.8. The van der Waals surface area contributed by atoms with Gasteiger partial charge in [-0.15, -0.1) is 0 Å². The summed E-state index contributed by atoms with van der Waals surface area (Å²) in [6.45, 7) is 6.23. The van der Waals surface area contributed by atoms with Gasteiger partial charge in [-0.25, -0.2) is 9.18 Å². The first-order chi connectivity index (χ1) is 14.7.